The van der Waals surface area contributed by atoms with Crippen molar-refractivity contribution in [2.24, 2.45) is 11.7 Å². The van der Waals surface area contributed by atoms with Gasteiger partial charge in [-0.3, -0.25) is 9.48 Å². The molecule has 5 heteroatoms. The zero-order valence-electron chi connectivity index (χ0n) is 11.7. The molecular formula is C14H22ClN3O. The molecule has 1 fully saturated rings. The van der Waals surface area contributed by atoms with Gasteiger partial charge in [-0.15, -0.1) is 0 Å². The van der Waals surface area contributed by atoms with E-state index >= 15 is 0 Å². The Labute approximate surface area is 119 Å². The minimum absolute atomic E-state index is 0.149. The number of nitrogens with zero attached hydrogens (tertiary/aromatic N) is 2. The number of carbonyl (C=O) groups is 1. The molecule has 1 aliphatic carbocycles. The quantitative estimate of drug-likeness (QED) is 0.923. The van der Waals surface area contributed by atoms with Crippen molar-refractivity contribution in [1.82, 2.24) is 9.78 Å². The average molecular weight is 284 g/mol. The second-order valence-electron chi connectivity index (χ2n) is 5.42. The summed E-state index contributed by atoms with van der Waals surface area (Å²) in [5.41, 5.74) is 7.54. The first-order valence-electron chi connectivity index (χ1n) is 7.03. The second-order valence-corrected chi connectivity index (χ2v) is 5.79. The molecule has 0 aromatic carbocycles. The number of hydrogen-bond acceptors (Lipinski definition) is 3. The number of ketones is 1. The summed E-state index contributed by atoms with van der Waals surface area (Å²) in [6.45, 7) is 4.63. The molecule has 2 rings (SSSR count). The molecule has 19 heavy (non-hydrogen) atoms. The van der Waals surface area contributed by atoms with Gasteiger partial charge in [-0.25, -0.2) is 0 Å². The molecule has 1 heterocycles. The van der Waals surface area contributed by atoms with E-state index in [-0.39, 0.29) is 17.7 Å². The van der Waals surface area contributed by atoms with Gasteiger partial charge < -0.3 is 5.73 Å². The minimum atomic E-state index is 0.149. The summed E-state index contributed by atoms with van der Waals surface area (Å²) >= 11 is 6.24. The number of aryl methyl sites for hydroxylation is 2. The highest BCUT2D eigenvalue weighted by Gasteiger charge is 2.26. The summed E-state index contributed by atoms with van der Waals surface area (Å²) < 4.78 is 1.84. The Morgan fingerprint density at radius 3 is 2.63 bits per heavy atom. The molecule has 1 aromatic heterocycles. The zero-order valence-corrected chi connectivity index (χ0v) is 12.4. The van der Waals surface area contributed by atoms with E-state index in [1.807, 2.05) is 18.5 Å². The van der Waals surface area contributed by atoms with E-state index in [1.165, 1.54) is 0 Å². The molecule has 0 radical (unpaired) electrons. The van der Waals surface area contributed by atoms with Crippen LogP contribution in [0, 0.1) is 12.8 Å². The first-order valence-corrected chi connectivity index (χ1v) is 7.40. The van der Waals surface area contributed by atoms with Crippen molar-refractivity contribution in [2.45, 2.75) is 58.5 Å². The highest BCUT2D eigenvalue weighted by molar-refractivity contribution is 6.32. The van der Waals surface area contributed by atoms with Crippen LogP contribution in [0.3, 0.4) is 0 Å². The molecule has 0 spiro atoms. The average Bonchev–Trinajstić information content (AvgIpc) is 2.67. The molecule has 0 saturated heterocycles. The Kier molecular flexibility index (Phi) is 4.63. The summed E-state index contributed by atoms with van der Waals surface area (Å²) in [7, 11) is 0. The number of hydrogen-bond donors (Lipinski definition) is 1. The molecule has 0 aliphatic heterocycles. The van der Waals surface area contributed by atoms with Crippen LogP contribution in [0.1, 0.15) is 44.0 Å². The standard InChI is InChI=1S/C14H22ClN3O/c1-3-18-12(14(15)9(2)17-18)8-13(19)10-4-6-11(16)7-5-10/h10-11H,3-8,16H2,1-2H3. The van der Waals surface area contributed by atoms with Gasteiger partial charge in [0.05, 0.1) is 22.8 Å². The van der Waals surface area contributed by atoms with E-state index in [1.54, 1.807) is 0 Å². The molecule has 0 amide bonds. The molecule has 1 aromatic rings. The van der Waals surface area contributed by atoms with Gasteiger partial charge in [0.2, 0.25) is 0 Å². The van der Waals surface area contributed by atoms with Crippen molar-refractivity contribution < 1.29 is 4.79 Å². The van der Waals surface area contributed by atoms with Crippen molar-refractivity contribution in [3.05, 3.63) is 16.4 Å². The van der Waals surface area contributed by atoms with Gasteiger partial charge in [0.15, 0.2) is 0 Å². The van der Waals surface area contributed by atoms with Crippen LogP contribution in [0.5, 0.6) is 0 Å². The number of carbonyl (C=O) groups excluding carboxylic acids is 1. The minimum Gasteiger partial charge on any atom is -0.328 e. The topological polar surface area (TPSA) is 60.9 Å². The van der Waals surface area contributed by atoms with Crippen molar-refractivity contribution in [3.63, 3.8) is 0 Å². The van der Waals surface area contributed by atoms with Crippen LogP contribution in [-0.4, -0.2) is 21.6 Å². The Bertz CT molecular complexity index is 462. The number of Topliss-reactive ketones (excluding diaryl/α,β-unsaturated/α-hetero) is 1. The first kappa shape index (κ1) is 14.5. The molecule has 4 nitrogen and oxygen atoms in total. The van der Waals surface area contributed by atoms with E-state index in [0.717, 1.165) is 43.6 Å². The third-order valence-corrected chi connectivity index (χ3v) is 4.51. The molecule has 0 atom stereocenters. The smallest absolute Gasteiger partial charge is 0.141 e. The lowest BCUT2D eigenvalue weighted by atomic mass is 9.82. The summed E-state index contributed by atoms with van der Waals surface area (Å²) in [5, 5.41) is 4.99. The van der Waals surface area contributed by atoms with Crippen molar-refractivity contribution >= 4 is 17.4 Å². The predicted octanol–water partition coefficient (Wildman–Crippen LogP) is 2.49. The zero-order chi connectivity index (χ0) is 14.0. The fourth-order valence-electron chi connectivity index (χ4n) is 2.79. The molecule has 1 aliphatic rings. The van der Waals surface area contributed by atoms with Gasteiger partial charge in [0, 0.05) is 18.5 Å². The first-order chi connectivity index (χ1) is 9.02. The van der Waals surface area contributed by atoms with Crippen LogP contribution < -0.4 is 5.73 Å². The maximum atomic E-state index is 12.4. The van der Waals surface area contributed by atoms with Crippen LogP contribution in [-0.2, 0) is 17.8 Å². The highest BCUT2D eigenvalue weighted by atomic mass is 35.5. The lowest BCUT2D eigenvalue weighted by Crippen LogP contribution is -2.30. The van der Waals surface area contributed by atoms with E-state index in [9.17, 15) is 4.79 Å². The lowest BCUT2D eigenvalue weighted by molar-refractivity contribution is -0.123. The Balaban J connectivity index is 2.06. The highest BCUT2D eigenvalue weighted by Crippen LogP contribution is 2.27. The molecule has 0 bridgehead atoms. The van der Waals surface area contributed by atoms with Gasteiger partial charge >= 0.3 is 0 Å². The third-order valence-electron chi connectivity index (χ3n) is 4.02. The van der Waals surface area contributed by atoms with Crippen molar-refractivity contribution in [3.8, 4) is 0 Å². The normalized spacial score (nSPS) is 23.6. The van der Waals surface area contributed by atoms with E-state index < -0.39 is 0 Å². The van der Waals surface area contributed by atoms with Gasteiger partial charge in [-0.2, -0.15) is 5.10 Å². The number of aromatic nitrogens is 2. The van der Waals surface area contributed by atoms with Gasteiger partial charge in [0.25, 0.3) is 0 Å². The number of nitrogens with two attached hydrogens (primary N) is 1. The molecule has 106 valence electrons. The SMILES string of the molecule is CCn1nc(C)c(Cl)c1CC(=O)C1CCC(N)CC1. The molecular weight excluding hydrogens is 262 g/mol. The fraction of sp³-hybridized carbons (Fsp3) is 0.714. The van der Waals surface area contributed by atoms with E-state index in [2.05, 4.69) is 5.10 Å². The largest absolute Gasteiger partial charge is 0.328 e. The van der Waals surface area contributed by atoms with Gasteiger partial charge in [-0.1, -0.05) is 11.6 Å². The lowest BCUT2D eigenvalue weighted by Gasteiger charge is -2.25. The maximum absolute atomic E-state index is 12.4. The van der Waals surface area contributed by atoms with Crippen LogP contribution in [0.15, 0.2) is 0 Å². The van der Waals surface area contributed by atoms with Crippen LogP contribution in [0.25, 0.3) is 0 Å². The maximum Gasteiger partial charge on any atom is 0.141 e. The third kappa shape index (κ3) is 3.18. The molecule has 2 N–H and O–H groups in total. The fourth-order valence-corrected chi connectivity index (χ4v) is 2.99. The Morgan fingerprint density at radius 2 is 2.05 bits per heavy atom. The second kappa shape index (κ2) is 6.06. The van der Waals surface area contributed by atoms with Crippen molar-refractivity contribution in [2.75, 3.05) is 0 Å². The predicted molar refractivity (Wildman–Crippen MR) is 76.3 cm³/mol. The van der Waals surface area contributed by atoms with Crippen LogP contribution in [0.2, 0.25) is 5.02 Å². The van der Waals surface area contributed by atoms with E-state index in [0.29, 0.717) is 11.4 Å². The monoisotopic (exact) mass is 283 g/mol. The summed E-state index contributed by atoms with van der Waals surface area (Å²) in [5.74, 6) is 0.430. The van der Waals surface area contributed by atoms with Crippen LogP contribution >= 0.6 is 11.6 Å². The Morgan fingerprint density at radius 1 is 1.42 bits per heavy atom. The molecule has 1 saturated carbocycles. The van der Waals surface area contributed by atoms with E-state index in [4.69, 9.17) is 17.3 Å². The van der Waals surface area contributed by atoms with Crippen LogP contribution in [0.4, 0.5) is 0 Å². The van der Waals surface area contributed by atoms with Crippen molar-refractivity contribution in [1.29, 1.82) is 0 Å². The van der Waals surface area contributed by atoms with Gasteiger partial charge in [0.1, 0.15) is 5.78 Å². The molecule has 0 unspecified atom stereocenters. The number of halogens is 1. The summed E-state index contributed by atoms with van der Waals surface area (Å²) in [6.07, 6.45) is 4.13. The Hall–Kier alpha value is -0.870. The van der Waals surface area contributed by atoms with Gasteiger partial charge in [-0.05, 0) is 39.5 Å². The summed E-state index contributed by atoms with van der Waals surface area (Å²) in [4.78, 5) is 12.4. The number of rotatable bonds is 4. The summed E-state index contributed by atoms with van der Waals surface area (Å²) in [6, 6.07) is 0.274.